The van der Waals surface area contributed by atoms with Gasteiger partial charge < -0.3 is 14.2 Å². The lowest BCUT2D eigenvalue weighted by molar-refractivity contribution is -0.167. The van der Waals surface area contributed by atoms with Crippen LogP contribution in [0.25, 0.3) is 0 Å². The second kappa shape index (κ2) is 49.3. The fourth-order valence-electron chi connectivity index (χ4n) is 7.39. The lowest BCUT2D eigenvalue weighted by Crippen LogP contribution is -2.30. The van der Waals surface area contributed by atoms with Gasteiger partial charge in [-0.05, 0) is 70.6 Å². The van der Waals surface area contributed by atoms with E-state index in [0.29, 0.717) is 19.3 Å². The molecule has 0 saturated carbocycles. The highest BCUT2D eigenvalue weighted by molar-refractivity contribution is 5.71. The Morgan fingerprint density at radius 1 is 0.333 bits per heavy atom. The Bertz CT molecular complexity index is 1020. The molecule has 6 heteroatoms. The van der Waals surface area contributed by atoms with Crippen molar-refractivity contribution < 1.29 is 28.6 Å². The number of carbonyl (C=O) groups is 3. The Morgan fingerprint density at radius 2 is 0.617 bits per heavy atom. The Morgan fingerprint density at radius 3 is 1.02 bits per heavy atom. The SMILES string of the molecule is CCCC/C=C\CCCCCCCC(=O)OCC(COC(=O)CCCCCCCCCCCCCCCCCC)OC(=O)CCCCCCC/C=C\C/C=C\CCCCC. The predicted molar refractivity (Wildman–Crippen MR) is 256 cm³/mol. The lowest BCUT2D eigenvalue weighted by Gasteiger charge is -2.18. The molecule has 0 amide bonds. The van der Waals surface area contributed by atoms with E-state index in [1.165, 1.54) is 141 Å². The van der Waals surface area contributed by atoms with Crippen molar-refractivity contribution in [3.63, 3.8) is 0 Å². The predicted octanol–water partition coefficient (Wildman–Crippen LogP) is 16.9. The van der Waals surface area contributed by atoms with E-state index in [9.17, 15) is 14.4 Å². The van der Waals surface area contributed by atoms with Gasteiger partial charge in [0.1, 0.15) is 13.2 Å². The van der Waals surface area contributed by atoms with Gasteiger partial charge in [0.2, 0.25) is 0 Å². The van der Waals surface area contributed by atoms with E-state index in [-0.39, 0.29) is 31.1 Å². The number of esters is 3. The van der Waals surface area contributed by atoms with E-state index in [1.54, 1.807) is 0 Å². The van der Waals surface area contributed by atoms with Crippen LogP contribution in [0.15, 0.2) is 36.5 Å². The summed E-state index contributed by atoms with van der Waals surface area (Å²) in [5, 5.41) is 0. The smallest absolute Gasteiger partial charge is 0.306 e. The maximum absolute atomic E-state index is 12.8. The molecule has 0 fully saturated rings. The lowest BCUT2D eigenvalue weighted by atomic mass is 10.0. The summed E-state index contributed by atoms with van der Waals surface area (Å²) in [7, 11) is 0. The minimum absolute atomic E-state index is 0.0776. The third-order valence-corrected chi connectivity index (χ3v) is 11.4. The van der Waals surface area contributed by atoms with E-state index < -0.39 is 6.10 Å². The van der Waals surface area contributed by atoms with Gasteiger partial charge in [0, 0.05) is 19.3 Å². The molecule has 0 aromatic carbocycles. The van der Waals surface area contributed by atoms with Crippen molar-refractivity contribution in [1.82, 2.24) is 0 Å². The van der Waals surface area contributed by atoms with E-state index >= 15 is 0 Å². The maximum Gasteiger partial charge on any atom is 0.306 e. The average Bonchev–Trinajstić information content (AvgIpc) is 3.24. The standard InChI is InChI=1S/C54H98O6/c1-4-7-10-13-16-19-22-24-26-28-29-32-35-38-41-44-47-53(56)59-50-51(49-58-52(55)46-43-40-37-34-31-21-18-15-12-9-6-3)60-54(57)48-45-42-39-36-33-30-27-25-23-20-17-14-11-8-5-2/h15,17-18,20,25,27,51H,4-14,16,19,21-24,26,28-50H2,1-3H3/b18-15-,20-17-,27-25-. The molecule has 0 radical (unpaired) electrons. The van der Waals surface area contributed by atoms with Gasteiger partial charge in [-0.25, -0.2) is 0 Å². The van der Waals surface area contributed by atoms with Crippen molar-refractivity contribution in [1.29, 1.82) is 0 Å². The first kappa shape index (κ1) is 57.6. The second-order valence-electron chi connectivity index (χ2n) is 17.4. The molecule has 0 bridgehead atoms. The number of rotatable bonds is 47. The van der Waals surface area contributed by atoms with Crippen LogP contribution < -0.4 is 0 Å². The minimum Gasteiger partial charge on any atom is -0.462 e. The molecule has 0 aromatic heterocycles. The van der Waals surface area contributed by atoms with Crippen LogP contribution >= 0.6 is 0 Å². The van der Waals surface area contributed by atoms with Gasteiger partial charge in [-0.15, -0.1) is 0 Å². The summed E-state index contributed by atoms with van der Waals surface area (Å²) in [5.41, 5.74) is 0. The monoisotopic (exact) mass is 843 g/mol. The van der Waals surface area contributed by atoms with Gasteiger partial charge in [-0.2, -0.15) is 0 Å². The Balaban J connectivity index is 4.36. The summed E-state index contributed by atoms with van der Waals surface area (Å²) in [6.07, 6.45) is 57.0. The van der Waals surface area contributed by atoms with Crippen LogP contribution in [0, 0.1) is 0 Å². The number of carbonyl (C=O) groups excluding carboxylic acids is 3. The van der Waals surface area contributed by atoms with Crippen molar-refractivity contribution in [3.8, 4) is 0 Å². The van der Waals surface area contributed by atoms with Gasteiger partial charge in [0.25, 0.3) is 0 Å². The molecule has 0 saturated heterocycles. The highest BCUT2D eigenvalue weighted by Crippen LogP contribution is 2.15. The topological polar surface area (TPSA) is 78.9 Å². The van der Waals surface area contributed by atoms with Crippen molar-refractivity contribution in [2.75, 3.05) is 13.2 Å². The fraction of sp³-hybridized carbons (Fsp3) is 0.833. The van der Waals surface area contributed by atoms with Gasteiger partial charge in [0.15, 0.2) is 6.10 Å². The van der Waals surface area contributed by atoms with Gasteiger partial charge >= 0.3 is 17.9 Å². The highest BCUT2D eigenvalue weighted by Gasteiger charge is 2.19. The van der Waals surface area contributed by atoms with Gasteiger partial charge in [-0.3, -0.25) is 14.4 Å². The van der Waals surface area contributed by atoms with E-state index in [2.05, 4.69) is 57.2 Å². The molecule has 0 aliphatic rings. The van der Waals surface area contributed by atoms with Crippen LogP contribution in [0.5, 0.6) is 0 Å². The van der Waals surface area contributed by atoms with E-state index in [4.69, 9.17) is 14.2 Å². The second-order valence-corrected chi connectivity index (χ2v) is 17.4. The van der Waals surface area contributed by atoms with Crippen LogP contribution in [0.3, 0.4) is 0 Å². The van der Waals surface area contributed by atoms with Crippen LogP contribution in [0.1, 0.15) is 271 Å². The zero-order valence-electron chi connectivity index (χ0n) is 40.0. The number of hydrogen-bond acceptors (Lipinski definition) is 6. The van der Waals surface area contributed by atoms with Gasteiger partial charge in [-0.1, -0.05) is 218 Å². The summed E-state index contributed by atoms with van der Waals surface area (Å²) < 4.78 is 16.8. The van der Waals surface area contributed by atoms with Crippen LogP contribution in [0.2, 0.25) is 0 Å². The molecule has 0 rings (SSSR count). The number of hydrogen-bond donors (Lipinski definition) is 0. The summed E-state index contributed by atoms with van der Waals surface area (Å²) in [6.45, 7) is 6.58. The average molecular weight is 843 g/mol. The van der Waals surface area contributed by atoms with Crippen LogP contribution in [-0.4, -0.2) is 37.2 Å². The molecular weight excluding hydrogens is 745 g/mol. The molecule has 350 valence electrons. The van der Waals surface area contributed by atoms with Crippen molar-refractivity contribution in [2.45, 2.75) is 277 Å². The Hall–Kier alpha value is -2.37. The van der Waals surface area contributed by atoms with E-state index in [0.717, 1.165) is 89.9 Å². The molecular formula is C54H98O6. The maximum atomic E-state index is 12.8. The summed E-state index contributed by atoms with van der Waals surface area (Å²) >= 11 is 0. The Labute approximate surface area is 372 Å². The van der Waals surface area contributed by atoms with Crippen molar-refractivity contribution >= 4 is 17.9 Å². The fourth-order valence-corrected chi connectivity index (χ4v) is 7.39. The first-order valence-corrected chi connectivity index (χ1v) is 26.0. The largest absolute Gasteiger partial charge is 0.462 e. The molecule has 1 atom stereocenters. The molecule has 0 aliphatic carbocycles. The molecule has 60 heavy (non-hydrogen) atoms. The third kappa shape index (κ3) is 46.7. The zero-order chi connectivity index (χ0) is 43.7. The van der Waals surface area contributed by atoms with Crippen LogP contribution in [-0.2, 0) is 28.6 Å². The molecule has 1 unspecified atom stereocenters. The van der Waals surface area contributed by atoms with Crippen LogP contribution in [0.4, 0.5) is 0 Å². The number of allylic oxidation sites excluding steroid dienone is 6. The molecule has 6 nitrogen and oxygen atoms in total. The zero-order valence-corrected chi connectivity index (χ0v) is 40.0. The third-order valence-electron chi connectivity index (χ3n) is 11.4. The molecule has 0 heterocycles. The first-order chi connectivity index (χ1) is 29.5. The van der Waals surface area contributed by atoms with Gasteiger partial charge in [0.05, 0.1) is 0 Å². The normalized spacial score (nSPS) is 12.2. The van der Waals surface area contributed by atoms with Crippen molar-refractivity contribution in [3.05, 3.63) is 36.5 Å². The van der Waals surface area contributed by atoms with E-state index in [1.807, 2.05) is 0 Å². The summed E-state index contributed by atoms with van der Waals surface area (Å²) in [6, 6.07) is 0. The quantitative estimate of drug-likeness (QED) is 0.0263. The molecule has 0 N–H and O–H groups in total. The minimum atomic E-state index is -0.778. The molecule has 0 aromatic rings. The van der Waals surface area contributed by atoms with Crippen molar-refractivity contribution in [2.24, 2.45) is 0 Å². The Kier molecular flexibility index (Phi) is 47.3. The molecule has 0 aliphatic heterocycles. The summed E-state index contributed by atoms with van der Waals surface area (Å²) in [4.78, 5) is 37.9. The number of ether oxygens (including phenoxy) is 3. The number of unbranched alkanes of at least 4 members (excludes halogenated alkanes) is 30. The molecule has 0 spiro atoms. The highest BCUT2D eigenvalue weighted by atomic mass is 16.6. The summed E-state index contributed by atoms with van der Waals surface area (Å²) in [5.74, 6) is -0.892. The first-order valence-electron chi connectivity index (χ1n) is 26.0.